The number of fused-ring (bicyclic) bond motifs is 4. The molecule has 0 saturated carbocycles. The Morgan fingerprint density at radius 2 is 1.41 bits per heavy atom. The third-order valence-electron chi connectivity index (χ3n) is 7.45. The number of nitrogens with two attached hydrogens (primary N) is 1. The minimum absolute atomic E-state index is 0.0452. The van der Waals surface area contributed by atoms with E-state index in [4.69, 9.17) is 33.3 Å². The Balaban J connectivity index is 1.17. The maximum Gasteiger partial charge on any atom is 0.472 e. The minimum atomic E-state index is -5.04. The molecular formula is C21H24BF2N9O9P2. The van der Waals surface area contributed by atoms with Gasteiger partial charge in [-0.1, -0.05) is 0 Å². The first-order valence-electron chi connectivity index (χ1n) is 13.1. The van der Waals surface area contributed by atoms with Gasteiger partial charge in [-0.2, -0.15) is 0 Å². The molecule has 1 unspecified atom stereocenters. The zero-order chi connectivity index (χ0) is 31.0. The van der Waals surface area contributed by atoms with Crippen LogP contribution in [-0.2, 0) is 36.7 Å². The molecule has 3 N–H and O–H groups in total. The van der Waals surface area contributed by atoms with Gasteiger partial charge in [-0.15, -0.1) is 0 Å². The van der Waals surface area contributed by atoms with Gasteiger partial charge in [-0.3, -0.25) is 22.7 Å². The van der Waals surface area contributed by atoms with Gasteiger partial charge in [-0.05, 0) is 6.92 Å². The number of aromatic nitrogens is 8. The zero-order valence-electron chi connectivity index (χ0n) is 22.9. The van der Waals surface area contributed by atoms with Gasteiger partial charge in [0.2, 0.25) is 0 Å². The number of nitrogens with zero attached hydrogens (tertiary/aromatic N) is 8. The van der Waals surface area contributed by atoms with E-state index in [1.807, 2.05) is 0 Å². The summed E-state index contributed by atoms with van der Waals surface area (Å²) >= 11 is 0. The summed E-state index contributed by atoms with van der Waals surface area (Å²) in [6.45, 7) is 0.286. The Morgan fingerprint density at radius 3 is 2.07 bits per heavy atom. The lowest BCUT2D eigenvalue weighted by atomic mass is 10.1. The molecule has 4 aromatic rings. The number of phosphoric ester groups is 1. The second-order valence-corrected chi connectivity index (χ2v) is 13.8. The summed E-state index contributed by atoms with van der Waals surface area (Å²) in [6, 6.07) is 0. The zero-order valence-corrected chi connectivity index (χ0v) is 24.6. The molecule has 0 amide bonds. The first-order valence-corrected chi connectivity index (χ1v) is 16.6. The molecule has 234 valence electrons. The monoisotopic (exact) mass is 657 g/mol. The number of nitrogen functional groups attached to an aromatic ring is 1. The Hall–Kier alpha value is -3.00. The van der Waals surface area contributed by atoms with Crippen LogP contribution in [0.4, 0.5) is 14.6 Å². The molecule has 44 heavy (non-hydrogen) atoms. The van der Waals surface area contributed by atoms with Crippen LogP contribution >= 0.6 is 15.3 Å². The van der Waals surface area contributed by atoms with E-state index in [-0.39, 0.29) is 22.6 Å². The number of imidazole rings is 2. The van der Waals surface area contributed by atoms with Crippen molar-refractivity contribution in [3.63, 3.8) is 0 Å². The molecule has 3 saturated heterocycles. The highest BCUT2D eigenvalue weighted by atomic mass is 31.2. The van der Waals surface area contributed by atoms with Crippen LogP contribution in [0.2, 0.25) is 0 Å². The largest absolute Gasteiger partial charge is 0.472 e. The van der Waals surface area contributed by atoms with E-state index >= 15 is 8.78 Å². The van der Waals surface area contributed by atoms with E-state index in [2.05, 4.69) is 29.9 Å². The van der Waals surface area contributed by atoms with Crippen molar-refractivity contribution in [1.82, 2.24) is 39.0 Å². The molecule has 0 aliphatic carbocycles. The van der Waals surface area contributed by atoms with E-state index in [1.54, 1.807) is 6.92 Å². The van der Waals surface area contributed by atoms with Crippen LogP contribution in [0.3, 0.4) is 0 Å². The van der Waals surface area contributed by atoms with E-state index in [0.29, 0.717) is 11.2 Å². The number of halogens is 2. The van der Waals surface area contributed by atoms with Crippen molar-refractivity contribution in [3.05, 3.63) is 31.0 Å². The topological polar surface area (TPSA) is 223 Å². The van der Waals surface area contributed by atoms with Gasteiger partial charge >= 0.3 is 7.82 Å². The first-order chi connectivity index (χ1) is 20.9. The summed E-state index contributed by atoms with van der Waals surface area (Å²) in [5.41, 5.74) is 7.30. The lowest BCUT2D eigenvalue weighted by Gasteiger charge is -2.28. The van der Waals surface area contributed by atoms with Crippen LogP contribution in [0, 0.1) is 6.92 Å². The van der Waals surface area contributed by atoms with Crippen LogP contribution < -0.4 is 5.73 Å². The third kappa shape index (κ3) is 5.11. The maximum absolute atomic E-state index is 15.9. The van der Waals surface area contributed by atoms with Crippen LogP contribution in [0.15, 0.2) is 25.3 Å². The molecule has 18 nitrogen and oxygen atoms in total. The molecule has 23 heteroatoms. The molecule has 7 heterocycles. The molecule has 3 aliphatic heterocycles. The SMILES string of the molecule is B[P@@]1(=O)OC[C@H]2O[C@@H](n3cnc4c(C)ncnc43)[C@H](F)[C@@H]2OP(=O)(O)OC[C@H]2O[C@@H](n3cnc4c(N)ncnc43)[C@H](F)[C@@H]2O1. The van der Waals surface area contributed by atoms with Crippen molar-refractivity contribution >= 4 is 51.0 Å². The van der Waals surface area contributed by atoms with E-state index < -0.39 is 77.7 Å². The standard InChI is InChI=1S/C21H24BF2N9O9P2/c1-8-13-18(28-4-26-8)32(6-30-13)21-12(24)16-9(39-21)2-37-43(22,34)41-15-10(3-38-44(35,36)42-16)40-20(11(15)23)33-7-31-14-17(25)27-5-29-19(14)33/h4-7,9-12,15-16,20-21H,2-3,22H2,1H3,(H,35,36)(H2,25,27,29)/t9-,10-,11-,12-,15-,16-,20-,21-,43-/m1/s1. The summed E-state index contributed by atoms with van der Waals surface area (Å²) in [7, 11) is -8.06. The summed E-state index contributed by atoms with van der Waals surface area (Å²) < 4.78 is 93.9. The fourth-order valence-corrected chi connectivity index (χ4v) is 7.51. The average Bonchev–Trinajstić information content (AvgIpc) is 3.73. The normalized spacial score (nSPS) is 38.3. The number of phosphoric acid groups is 1. The van der Waals surface area contributed by atoms with Gasteiger partial charge < -0.3 is 29.1 Å². The van der Waals surface area contributed by atoms with E-state index in [1.165, 1.54) is 28.1 Å². The molecule has 0 spiro atoms. The Morgan fingerprint density at radius 1 is 0.864 bits per heavy atom. The number of aryl methyl sites for hydroxylation is 1. The van der Waals surface area contributed by atoms with Gasteiger partial charge in [-0.25, -0.2) is 43.2 Å². The fraction of sp³-hybridized carbons (Fsp3) is 0.524. The Labute approximate surface area is 246 Å². The van der Waals surface area contributed by atoms with Crippen LogP contribution in [0.5, 0.6) is 0 Å². The fourth-order valence-electron chi connectivity index (χ4n) is 5.38. The number of rotatable bonds is 2. The van der Waals surface area contributed by atoms with Gasteiger partial charge in [0.25, 0.3) is 15.0 Å². The van der Waals surface area contributed by atoms with E-state index in [9.17, 15) is 14.0 Å². The molecule has 3 aliphatic rings. The van der Waals surface area contributed by atoms with Gasteiger partial charge in [0.1, 0.15) is 48.1 Å². The first kappa shape index (κ1) is 29.7. The van der Waals surface area contributed by atoms with Gasteiger partial charge in [0, 0.05) is 0 Å². The number of anilines is 1. The average molecular weight is 657 g/mol. The minimum Gasteiger partial charge on any atom is -0.382 e. The summed E-state index contributed by atoms with van der Waals surface area (Å²) in [5, 5.41) is 0. The number of hydrogen-bond acceptors (Lipinski definition) is 15. The Bertz CT molecular complexity index is 1710. The smallest absolute Gasteiger partial charge is 0.382 e. The molecule has 10 atom stereocenters. The molecule has 0 aromatic carbocycles. The number of alkyl halides is 2. The van der Waals surface area contributed by atoms with Crippen LogP contribution in [-0.4, -0.2) is 101 Å². The molecule has 7 rings (SSSR count). The number of ether oxygens (including phenoxy) is 2. The maximum atomic E-state index is 15.9. The second kappa shape index (κ2) is 10.8. The summed E-state index contributed by atoms with van der Waals surface area (Å²) in [4.78, 5) is 35.0. The Kier molecular flexibility index (Phi) is 7.30. The van der Waals surface area contributed by atoms with Crippen molar-refractivity contribution in [2.24, 2.45) is 0 Å². The van der Waals surface area contributed by atoms with Crippen LogP contribution in [0.25, 0.3) is 22.3 Å². The second-order valence-electron chi connectivity index (χ2n) is 10.4. The molecular weight excluding hydrogens is 633 g/mol. The van der Waals surface area contributed by atoms with E-state index in [0.717, 1.165) is 13.9 Å². The van der Waals surface area contributed by atoms with Gasteiger partial charge in [0.15, 0.2) is 41.9 Å². The molecule has 0 radical (unpaired) electrons. The molecule has 3 fully saturated rings. The quantitative estimate of drug-likeness (QED) is 0.223. The predicted molar refractivity (Wildman–Crippen MR) is 145 cm³/mol. The van der Waals surface area contributed by atoms with Crippen molar-refractivity contribution in [3.8, 4) is 0 Å². The highest BCUT2D eigenvalue weighted by Gasteiger charge is 2.54. The summed E-state index contributed by atoms with van der Waals surface area (Å²) in [6.07, 6.45) is -8.20. The van der Waals surface area contributed by atoms with Crippen molar-refractivity contribution in [1.29, 1.82) is 0 Å². The van der Waals surface area contributed by atoms with Gasteiger partial charge in [0.05, 0.1) is 31.6 Å². The summed E-state index contributed by atoms with van der Waals surface area (Å²) in [5.74, 6) is 0.0452. The molecule has 4 aromatic heterocycles. The lowest BCUT2D eigenvalue weighted by molar-refractivity contribution is -0.0607. The number of hydrogen-bond donors (Lipinski definition) is 2. The van der Waals surface area contributed by atoms with Crippen molar-refractivity contribution < 1.29 is 50.4 Å². The lowest BCUT2D eigenvalue weighted by Crippen LogP contribution is -2.37. The van der Waals surface area contributed by atoms with Crippen molar-refractivity contribution in [2.75, 3.05) is 18.9 Å². The van der Waals surface area contributed by atoms with Crippen LogP contribution in [0.1, 0.15) is 18.1 Å². The highest BCUT2D eigenvalue weighted by Crippen LogP contribution is 2.54. The van der Waals surface area contributed by atoms with Crippen molar-refractivity contribution in [2.45, 2.75) is 56.1 Å². The molecule has 0 bridgehead atoms. The predicted octanol–water partition coefficient (Wildman–Crippen LogP) is 0.687. The third-order valence-corrected chi connectivity index (χ3v) is 9.68. The highest BCUT2D eigenvalue weighted by molar-refractivity contribution is 7.79.